The van der Waals surface area contributed by atoms with Crippen LogP contribution in [0.3, 0.4) is 0 Å². The third-order valence-corrected chi connectivity index (χ3v) is 3.18. The smallest absolute Gasteiger partial charge is 0.221 e. The molecule has 1 heterocycles. The van der Waals surface area contributed by atoms with E-state index in [4.69, 9.17) is 5.73 Å². The number of amides is 1. The first-order valence-electron chi connectivity index (χ1n) is 7.21. The predicted octanol–water partition coefficient (Wildman–Crippen LogP) is 1.33. The third-order valence-electron chi connectivity index (χ3n) is 3.18. The average molecular weight is 286 g/mol. The monoisotopic (exact) mass is 286 g/mol. The zero-order valence-electron chi connectivity index (χ0n) is 12.3. The molecule has 5 nitrogen and oxygen atoms in total. The maximum atomic E-state index is 11.5. The minimum atomic E-state index is -0.106. The highest BCUT2D eigenvalue weighted by atomic mass is 16.1. The maximum absolute atomic E-state index is 11.5. The minimum Gasteiger partial charge on any atom is -0.356 e. The molecule has 21 heavy (non-hydrogen) atoms. The Morgan fingerprint density at radius 1 is 1.38 bits per heavy atom. The van der Waals surface area contributed by atoms with E-state index < -0.39 is 0 Å². The zero-order valence-corrected chi connectivity index (χ0v) is 12.3. The first-order chi connectivity index (χ1) is 10.1. The molecule has 3 N–H and O–H groups in total. The Hall–Kier alpha value is -2.14. The number of nitrogens with zero attached hydrogens (tertiary/aromatic N) is 2. The second-order valence-corrected chi connectivity index (χ2v) is 5.24. The highest BCUT2D eigenvalue weighted by Crippen LogP contribution is 2.05. The zero-order chi connectivity index (χ0) is 15.1. The van der Waals surface area contributed by atoms with Crippen LogP contribution in [0.25, 0.3) is 0 Å². The van der Waals surface area contributed by atoms with Gasteiger partial charge in [0.25, 0.3) is 0 Å². The molecule has 0 bridgehead atoms. The van der Waals surface area contributed by atoms with Gasteiger partial charge in [-0.15, -0.1) is 0 Å². The molecule has 2 rings (SSSR count). The molecular formula is C16H22N4O. The van der Waals surface area contributed by atoms with E-state index in [1.165, 1.54) is 5.56 Å². The number of carbonyl (C=O) groups is 1. The van der Waals surface area contributed by atoms with Crippen molar-refractivity contribution in [2.24, 2.45) is 5.73 Å². The van der Waals surface area contributed by atoms with Gasteiger partial charge in [0, 0.05) is 44.4 Å². The lowest BCUT2D eigenvalue weighted by Crippen LogP contribution is -2.31. The molecule has 0 radical (unpaired) electrons. The molecule has 112 valence electrons. The summed E-state index contributed by atoms with van der Waals surface area (Å²) in [6, 6.07) is 10.1. The molecule has 2 aromatic rings. The third kappa shape index (κ3) is 5.04. The Balaban J connectivity index is 1.85. The van der Waals surface area contributed by atoms with E-state index in [0.717, 1.165) is 12.4 Å². The van der Waals surface area contributed by atoms with Crippen molar-refractivity contribution in [1.29, 1.82) is 0 Å². The Bertz CT molecular complexity index is 563. The van der Waals surface area contributed by atoms with E-state index in [-0.39, 0.29) is 11.9 Å². The summed E-state index contributed by atoms with van der Waals surface area (Å²) in [5.74, 6) is 0.964. The van der Waals surface area contributed by atoms with Crippen molar-refractivity contribution in [3.8, 4) is 0 Å². The largest absolute Gasteiger partial charge is 0.356 e. The van der Waals surface area contributed by atoms with E-state index in [9.17, 15) is 4.79 Å². The summed E-state index contributed by atoms with van der Waals surface area (Å²) in [5, 5.41) is 2.87. The first kappa shape index (κ1) is 15.3. The summed E-state index contributed by atoms with van der Waals surface area (Å²) < 4.78 is 2.10. The quantitative estimate of drug-likeness (QED) is 0.806. The highest BCUT2D eigenvalue weighted by molar-refractivity contribution is 5.76. The van der Waals surface area contributed by atoms with E-state index >= 15 is 0 Å². The number of benzene rings is 1. The van der Waals surface area contributed by atoms with Crippen molar-refractivity contribution in [2.75, 3.05) is 6.54 Å². The van der Waals surface area contributed by atoms with Crippen molar-refractivity contribution >= 4 is 5.91 Å². The number of nitrogens with two attached hydrogens (primary N) is 1. The number of rotatable bonds is 7. The minimum absolute atomic E-state index is 0.00818. The summed E-state index contributed by atoms with van der Waals surface area (Å²) in [7, 11) is 0. The number of nitrogens with one attached hydrogen (secondary N) is 1. The Morgan fingerprint density at radius 2 is 2.14 bits per heavy atom. The van der Waals surface area contributed by atoms with Gasteiger partial charge in [0.1, 0.15) is 5.82 Å². The lowest BCUT2D eigenvalue weighted by Gasteiger charge is -2.09. The molecule has 1 unspecified atom stereocenters. The van der Waals surface area contributed by atoms with E-state index in [0.29, 0.717) is 19.4 Å². The van der Waals surface area contributed by atoms with Gasteiger partial charge in [-0.1, -0.05) is 30.3 Å². The van der Waals surface area contributed by atoms with Crippen molar-refractivity contribution < 1.29 is 4.79 Å². The van der Waals surface area contributed by atoms with Crippen LogP contribution in [0, 0.1) is 0 Å². The molecule has 1 amide bonds. The number of hydrogen-bond donors (Lipinski definition) is 2. The van der Waals surface area contributed by atoms with Crippen LogP contribution in [0.15, 0.2) is 42.7 Å². The Kier molecular flexibility index (Phi) is 5.51. The fraction of sp³-hybridized carbons (Fsp3) is 0.375. The van der Waals surface area contributed by atoms with E-state index in [2.05, 4.69) is 27.0 Å². The molecule has 0 aliphatic rings. The van der Waals surface area contributed by atoms with E-state index in [1.54, 1.807) is 6.20 Å². The Labute approximate surface area is 125 Å². The second kappa shape index (κ2) is 7.59. The molecule has 0 spiro atoms. The van der Waals surface area contributed by atoms with Gasteiger partial charge >= 0.3 is 0 Å². The number of imidazole rings is 1. The molecular weight excluding hydrogens is 264 g/mol. The molecule has 5 heteroatoms. The van der Waals surface area contributed by atoms with Crippen LogP contribution in [0.5, 0.6) is 0 Å². The predicted molar refractivity (Wildman–Crippen MR) is 82.8 cm³/mol. The topological polar surface area (TPSA) is 72.9 Å². The molecule has 0 saturated heterocycles. The maximum Gasteiger partial charge on any atom is 0.221 e. The molecule has 0 aliphatic heterocycles. The van der Waals surface area contributed by atoms with Gasteiger partial charge in [0.05, 0.1) is 0 Å². The van der Waals surface area contributed by atoms with Gasteiger partial charge in [0.15, 0.2) is 0 Å². The molecule has 1 aromatic carbocycles. The van der Waals surface area contributed by atoms with Crippen LogP contribution in [-0.2, 0) is 17.8 Å². The first-order valence-corrected chi connectivity index (χ1v) is 7.21. The number of aromatic nitrogens is 2. The van der Waals surface area contributed by atoms with Crippen molar-refractivity contribution in [3.63, 3.8) is 0 Å². The number of carbonyl (C=O) groups excluding carboxylic acids is 1. The van der Waals surface area contributed by atoms with Gasteiger partial charge in [-0.2, -0.15) is 0 Å². The molecule has 1 atom stereocenters. The molecule has 0 aliphatic carbocycles. The fourth-order valence-electron chi connectivity index (χ4n) is 2.17. The average Bonchev–Trinajstić information content (AvgIpc) is 2.86. The molecule has 0 saturated carbocycles. The lowest BCUT2D eigenvalue weighted by atomic mass is 10.2. The van der Waals surface area contributed by atoms with Gasteiger partial charge in [-0.3, -0.25) is 4.79 Å². The van der Waals surface area contributed by atoms with Gasteiger partial charge in [-0.25, -0.2) is 4.98 Å². The standard InChI is InChI=1S/C16H22N4O/c1-13(17)11-16(21)19-8-7-15-18-9-10-20(15)12-14-5-3-2-4-6-14/h2-6,9-10,13H,7-8,11-12,17H2,1H3,(H,19,21). The summed E-state index contributed by atoms with van der Waals surface area (Å²) in [4.78, 5) is 15.9. The van der Waals surface area contributed by atoms with E-state index in [1.807, 2.05) is 31.3 Å². The van der Waals surface area contributed by atoms with Crippen LogP contribution in [0.1, 0.15) is 24.7 Å². The lowest BCUT2D eigenvalue weighted by molar-refractivity contribution is -0.121. The summed E-state index contributed by atoms with van der Waals surface area (Å²) in [6.45, 7) is 3.20. The van der Waals surface area contributed by atoms with Gasteiger partial charge in [0.2, 0.25) is 5.91 Å². The van der Waals surface area contributed by atoms with Crippen LogP contribution in [0.2, 0.25) is 0 Å². The summed E-state index contributed by atoms with van der Waals surface area (Å²) in [5.41, 5.74) is 6.83. The normalized spacial score (nSPS) is 12.1. The van der Waals surface area contributed by atoms with Crippen molar-refractivity contribution in [2.45, 2.75) is 32.4 Å². The SMILES string of the molecule is CC(N)CC(=O)NCCc1nccn1Cc1ccccc1. The molecule has 0 fully saturated rings. The van der Waals surface area contributed by atoms with Crippen molar-refractivity contribution in [1.82, 2.24) is 14.9 Å². The van der Waals surface area contributed by atoms with Crippen LogP contribution in [-0.4, -0.2) is 28.0 Å². The summed E-state index contributed by atoms with van der Waals surface area (Å²) >= 11 is 0. The molecule has 1 aromatic heterocycles. The highest BCUT2D eigenvalue weighted by Gasteiger charge is 2.06. The second-order valence-electron chi connectivity index (χ2n) is 5.24. The van der Waals surface area contributed by atoms with Crippen LogP contribution >= 0.6 is 0 Å². The summed E-state index contributed by atoms with van der Waals surface area (Å²) in [6.07, 6.45) is 4.83. The fourth-order valence-corrected chi connectivity index (χ4v) is 2.17. The van der Waals surface area contributed by atoms with Crippen molar-refractivity contribution in [3.05, 3.63) is 54.1 Å². The Morgan fingerprint density at radius 3 is 2.86 bits per heavy atom. The van der Waals surface area contributed by atoms with Gasteiger partial charge in [-0.05, 0) is 12.5 Å². The van der Waals surface area contributed by atoms with Gasteiger partial charge < -0.3 is 15.6 Å². The number of hydrogen-bond acceptors (Lipinski definition) is 3. The van der Waals surface area contributed by atoms with Crippen LogP contribution < -0.4 is 11.1 Å². The van der Waals surface area contributed by atoms with Crippen LogP contribution in [0.4, 0.5) is 0 Å².